The van der Waals surface area contributed by atoms with Gasteiger partial charge in [0.1, 0.15) is 0 Å². The molecule has 0 saturated carbocycles. The maximum absolute atomic E-state index is 10.1. The monoisotopic (exact) mass is 378 g/mol. The molecule has 21 heavy (non-hydrogen) atoms. The molecule has 0 radical (unpaired) electrons. The molecule has 0 amide bonds. The summed E-state index contributed by atoms with van der Waals surface area (Å²) in [5.74, 6) is 0. The predicted molar refractivity (Wildman–Crippen MR) is 56.6 cm³/mol. The van der Waals surface area contributed by atoms with Gasteiger partial charge in [0.05, 0.1) is 0 Å². The molecule has 0 aromatic carbocycles. The number of rotatable bonds is 6. The Morgan fingerprint density at radius 2 is 0.810 bits per heavy atom. The second-order valence-corrected chi connectivity index (χ2v) is 1.18. The van der Waals surface area contributed by atoms with Crippen molar-refractivity contribution in [3.05, 3.63) is 0 Å². The van der Waals surface area contributed by atoms with E-state index < -0.39 is 14.6 Å². The molecule has 0 rings (SSSR count). The predicted octanol–water partition coefficient (Wildman–Crippen LogP) is -16.9. The van der Waals surface area contributed by atoms with Gasteiger partial charge in [-0.3, -0.25) is 0 Å². The molecule has 15 nitrogen and oxygen atoms in total. The van der Waals surface area contributed by atoms with Crippen LogP contribution < -0.4 is 113 Å². The topological polar surface area (TPSA) is 360 Å². The fourth-order valence-corrected chi connectivity index (χ4v) is 0.246. The van der Waals surface area contributed by atoms with Crippen molar-refractivity contribution in [3.8, 4) is 0 Å². The van der Waals surface area contributed by atoms with Gasteiger partial charge in [0.2, 0.25) is 0 Å². The molecule has 0 aromatic rings. The van der Waals surface area contributed by atoms with Crippen molar-refractivity contribution in [3.63, 3.8) is 0 Å². The van der Waals surface area contributed by atoms with E-state index in [0.29, 0.717) is 0 Å². The van der Waals surface area contributed by atoms with Crippen molar-refractivity contribution in [2.75, 3.05) is 0 Å². The van der Waals surface area contributed by atoms with E-state index in [9.17, 15) is 19.5 Å². The smallest absolute Gasteiger partial charge is 1.00 e. The molecule has 0 unspecified atom stereocenters. The third-order valence-corrected chi connectivity index (χ3v) is 0.556. The van der Waals surface area contributed by atoms with E-state index in [4.69, 9.17) is 0 Å². The van der Waals surface area contributed by atoms with Crippen LogP contribution in [0.3, 0.4) is 0 Å². The van der Waals surface area contributed by atoms with Gasteiger partial charge in [-0.2, -0.15) is 0 Å². The van der Waals surface area contributed by atoms with E-state index >= 15 is 0 Å². The van der Waals surface area contributed by atoms with Crippen LogP contribution in [0.15, 0.2) is 0 Å². The average Bonchev–Trinajstić information content (AvgIpc) is 1.87. The Bertz CT molecular complexity index is 123. The Morgan fingerprint density at radius 3 is 0.952 bits per heavy atom. The van der Waals surface area contributed by atoms with Gasteiger partial charge in [0, 0.05) is 0 Å². The summed E-state index contributed by atoms with van der Waals surface area (Å²) in [5.41, 5.74) is 0. The van der Waals surface area contributed by atoms with E-state index in [1.807, 2.05) is 0 Å². The van der Waals surface area contributed by atoms with Gasteiger partial charge in [-0.05, 0) is 0 Å². The van der Waals surface area contributed by atoms with Crippen LogP contribution in [0.2, 0.25) is 0 Å². The van der Waals surface area contributed by atoms with Crippen LogP contribution >= 0.6 is 0 Å². The van der Waals surface area contributed by atoms with Crippen molar-refractivity contribution in [2.24, 2.45) is 0 Å². The zero-order valence-electron chi connectivity index (χ0n) is 11.2. The zero-order chi connectivity index (χ0) is 8.69. The van der Waals surface area contributed by atoms with Crippen LogP contribution in [-0.4, -0.2) is 73.2 Å². The number of hydrogen-bond acceptors (Lipinski definition) is 7. The largest absolute Gasteiger partial charge is 1.00 e. The summed E-state index contributed by atoms with van der Waals surface area (Å²) >= 11 is 0. The van der Waals surface area contributed by atoms with E-state index in [0.717, 1.165) is 0 Å². The summed E-state index contributed by atoms with van der Waals surface area (Å²) < 4.78 is 29.8. The zero-order valence-corrected chi connectivity index (χ0v) is 17.4. The summed E-state index contributed by atoms with van der Waals surface area (Å²) in [5, 5.41) is 20.3. The van der Waals surface area contributed by atoms with Gasteiger partial charge < -0.3 is 43.8 Å². The summed E-state index contributed by atoms with van der Waals surface area (Å²) in [6, 6.07) is 0. The molecule has 16 N–H and O–H groups in total. The average molecular weight is 378 g/mol. The Kier molecular flexibility index (Phi) is 209. The Hall–Kier alpha value is 2.29. The third kappa shape index (κ3) is 60.8. The van der Waals surface area contributed by atoms with Gasteiger partial charge in [-0.1, -0.05) is 0 Å². The first-order valence-corrected chi connectivity index (χ1v) is 2.36. The van der Waals surface area contributed by atoms with Crippen LogP contribution in [0, 0.1) is 0 Å². The van der Waals surface area contributed by atoms with Crippen LogP contribution in [0.5, 0.6) is 0 Å². The molecule has 0 aliphatic heterocycles. The molecule has 21 heteroatoms. The van der Waals surface area contributed by atoms with E-state index in [-0.39, 0.29) is 161 Å². The van der Waals surface area contributed by atoms with E-state index in [2.05, 4.69) is 13.7 Å². The van der Waals surface area contributed by atoms with Crippen LogP contribution in [0.25, 0.3) is 0 Å². The standard InChI is InChI=1S/B4O7.2K.8H2O/c5-1-9-3(7)11-4(8)10-2-6;;;;;;;;;;/h;;;8*1H2/q-2;2*+1;;;;;;;;. The first kappa shape index (κ1) is 76.6. The summed E-state index contributed by atoms with van der Waals surface area (Å²) in [4.78, 5) is 0. The van der Waals surface area contributed by atoms with Gasteiger partial charge in [0.25, 0.3) is 0 Å². The molecule has 0 aromatic heterocycles. The quantitative estimate of drug-likeness (QED) is 0.401. The molecule has 120 valence electrons. The van der Waals surface area contributed by atoms with E-state index in [1.165, 1.54) is 0 Å². The van der Waals surface area contributed by atoms with Crippen molar-refractivity contribution < 1.29 is 180 Å². The van der Waals surface area contributed by atoms with Crippen LogP contribution in [0.1, 0.15) is 0 Å². The molecule has 0 heterocycles. The SMILES string of the molecule is O.O.O.O.O.O.O.O.O=BOB([O-])OB([O-])OB=O.[K+].[K+]. The second kappa shape index (κ2) is 57.2. The fraction of sp³-hybridized carbons (Fsp3) is 0. The molecule has 0 spiro atoms. The summed E-state index contributed by atoms with van der Waals surface area (Å²) in [6.45, 7) is 0. The maximum Gasteiger partial charge on any atom is 1.00 e. The first-order chi connectivity index (χ1) is 5.20. The minimum Gasteiger partial charge on any atom is 1.00 e. The van der Waals surface area contributed by atoms with Gasteiger partial charge in [0.15, 0.2) is 0 Å². The molecule has 0 bridgehead atoms. The summed E-state index contributed by atoms with van der Waals surface area (Å²) in [7, 11) is -4.92. The molecular weight excluding hydrogens is 361 g/mol. The molecule has 0 saturated heterocycles. The second-order valence-electron chi connectivity index (χ2n) is 1.18. The molecule has 0 atom stereocenters. The van der Waals surface area contributed by atoms with Crippen LogP contribution in [-0.2, 0) is 23.1 Å². The van der Waals surface area contributed by atoms with E-state index in [1.54, 1.807) is 0 Å². The van der Waals surface area contributed by atoms with Crippen molar-refractivity contribution in [1.29, 1.82) is 0 Å². The minimum atomic E-state index is -2.27. The maximum atomic E-state index is 10.1. The summed E-state index contributed by atoms with van der Waals surface area (Å²) in [6.07, 6.45) is 0. The Balaban J connectivity index is -0.0000000111. The molecular formula is H16B4K2O15. The Morgan fingerprint density at radius 1 is 0.619 bits per heavy atom. The van der Waals surface area contributed by atoms with Crippen molar-refractivity contribution in [2.45, 2.75) is 0 Å². The third-order valence-electron chi connectivity index (χ3n) is 0.556. The molecule has 0 aliphatic carbocycles. The van der Waals surface area contributed by atoms with Crippen molar-refractivity contribution in [1.82, 2.24) is 0 Å². The molecule has 0 fully saturated rings. The normalized spacial score (nSPS) is 3.90. The first-order valence-electron chi connectivity index (χ1n) is 2.36. The van der Waals surface area contributed by atoms with Crippen molar-refractivity contribution >= 4 is 29.3 Å². The number of hydrogen-bond donors (Lipinski definition) is 0. The molecule has 0 aliphatic rings. The minimum absolute atomic E-state index is 0. The Labute approximate surface area is 205 Å². The van der Waals surface area contributed by atoms with Gasteiger partial charge in [-0.15, -0.1) is 0 Å². The fourth-order valence-electron chi connectivity index (χ4n) is 0.246. The van der Waals surface area contributed by atoms with Gasteiger partial charge >= 0.3 is 165 Å². The van der Waals surface area contributed by atoms with Gasteiger partial charge in [-0.25, -0.2) is 0 Å². The van der Waals surface area contributed by atoms with Crippen LogP contribution in [0.4, 0.5) is 0 Å².